The van der Waals surface area contributed by atoms with Crippen LogP contribution in [0.4, 0.5) is 4.79 Å². The van der Waals surface area contributed by atoms with Crippen molar-refractivity contribution in [2.75, 3.05) is 6.54 Å². The number of hydrogen-bond acceptors (Lipinski definition) is 7. The van der Waals surface area contributed by atoms with Crippen LogP contribution in [0.5, 0.6) is 0 Å². The molecule has 1 amide bonds. The monoisotopic (exact) mass is 402 g/mol. The van der Waals surface area contributed by atoms with Crippen molar-refractivity contribution in [2.45, 2.75) is 38.7 Å². The third-order valence-electron chi connectivity index (χ3n) is 4.16. The van der Waals surface area contributed by atoms with E-state index in [9.17, 15) is 24.4 Å². The number of nitrogens with one attached hydrogen (secondary N) is 1. The molecule has 27 heavy (non-hydrogen) atoms. The summed E-state index contributed by atoms with van der Waals surface area (Å²) in [6.07, 6.45) is -0.758. The molecule has 3 unspecified atom stereocenters. The first kappa shape index (κ1) is 23.1. The van der Waals surface area contributed by atoms with Crippen molar-refractivity contribution in [1.29, 1.82) is 0 Å². The van der Waals surface area contributed by atoms with Gasteiger partial charge in [-0.2, -0.15) is 0 Å². The maximum Gasteiger partial charge on any atom is 0.407 e. The smallest absolute Gasteiger partial charge is 0.407 e. The molecule has 5 N–H and O–H groups in total. The quantitative estimate of drug-likeness (QED) is 0.320. The Kier molecular flexibility index (Phi) is 9.45. The van der Waals surface area contributed by atoms with Gasteiger partial charge in [0.05, 0.1) is 0 Å². The van der Waals surface area contributed by atoms with Crippen LogP contribution in [-0.2, 0) is 25.2 Å². The number of rotatable bonds is 11. The van der Waals surface area contributed by atoms with Gasteiger partial charge in [-0.3, -0.25) is 9.09 Å². The van der Waals surface area contributed by atoms with Crippen LogP contribution in [0.1, 0.15) is 25.8 Å². The van der Waals surface area contributed by atoms with Gasteiger partial charge in [0.1, 0.15) is 6.61 Å². The summed E-state index contributed by atoms with van der Waals surface area (Å²) < 4.78 is 20.8. The minimum absolute atomic E-state index is 0.0179. The molecule has 0 saturated carbocycles. The van der Waals surface area contributed by atoms with Gasteiger partial charge in [0, 0.05) is 12.0 Å². The standard InChI is InChI=1S/C17H27N2O7P/c1-11(2)14(13(8-9-18)17(23,15(20)21)26-27-24)19-16(22)25-10-12-6-4-3-5-7-12/h3-7,11,13-14,23H,8-10,18,27H2,1-2H3,(H,19,22)(H,20,21)/t13?,14?,17-/m1/s1. The third-order valence-corrected chi connectivity index (χ3v) is 4.62. The average molecular weight is 402 g/mol. The number of carbonyl (C=O) groups excluding carboxylic acids is 1. The lowest BCUT2D eigenvalue weighted by Crippen LogP contribution is -2.58. The molecule has 0 radical (unpaired) electrons. The Morgan fingerprint density at radius 1 is 1.30 bits per heavy atom. The zero-order chi connectivity index (χ0) is 20.4. The topological polar surface area (TPSA) is 148 Å². The van der Waals surface area contributed by atoms with Crippen molar-refractivity contribution in [3.8, 4) is 0 Å². The van der Waals surface area contributed by atoms with Gasteiger partial charge < -0.3 is 26.0 Å². The highest BCUT2D eigenvalue weighted by atomic mass is 31.1. The van der Waals surface area contributed by atoms with E-state index in [1.165, 1.54) is 0 Å². The number of aliphatic carboxylic acids is 1. The Morgan fingerprint density at radius 3 is 2.41 bits per heavy atom. The number of hydrogen-bond donors (Lipinski definition) is 4. The Bertz CT molecular complexity index is 629. The molecule has 0 heterocycles. The maximum atomic E-state index is 12.2. The van der Waals surface area contributed by atoms with Crippen LogP contribution >= 0.6 is 8.69 Å². The molecule has 4 atom stereocenters. The first-order chi connectivity index (χ1) is 12.8. The van der Waals surface area contributed by atoms with E-state index in [-0.39, 0.29) is 25.5 Å². The highest BCUT2D eigenvalue weighted by Gasteiger charge is 2.50. The summed E-state index contributed by atoms with van der Waals surface area (Å²) in [5, 5.41) is 22.4. The maximum absolute atomic E-state index is 12.2. The Labute approximate surface area is 159 Å². The number of carboxylic acid groups (broad SMARTS) is 1. The second kappa shape index (κ2) is 11.0. The molecular weight excluding hydrogens is 375 g/mol. The van der Waals surface area contributed by atoms with Gasteiger partial charge in [-0.25, -0.2) is 9.59 Å². The Hall–Kier alpha value is -1.93. The molecule has 0 aliphatic carbocycles. The fourth-order valence-electron chi connectivity index (χ4n) is 2.80. The third kappa shape index (κ3) is 6.62. The summed E-state index contributed by atoms with van der Waals surface area (Å²) in [6.45, 7) is 3.53. The molecule has 0 fully saturated rings. The number of alkyl carbamates (subject to hydrolysis) is 1. The van der Waals surface area contributed by atoms with Crippen molar-refractivity contribution >= 4 is 20.7 Å². The summed E-state index contributed by atoms with van der Waals surface area (Å²) in [5.41, 5.74) is 6.34. The molecule has 10 heteroatoms. The van der Waals surface area contributed by atoms with Gasteiger partial charge in [-0.1, -0.05) is 44.2 Å². The van der Waals surface area contributed by atoms with E-state index in [1.807, 2.05) is 6.07 Å². The number of benzene rings is 1. The molecule has 1 rings (SSSR count). The van der Waals surface area contributed by atoms with E-state index in [4.69, 9.17) is 10.5 Å². The van der Waals surface area contributed by atoms with Gasteiger partial charge in [0.25, 0.3) is 5.79 Å². The lowest BCUT2D eigenvalue weighted by atomic mass is 9.81. The first-order valence-corrected chi connectivity index (χ1v) is 9.45. The number of carboxylic acids is 1. The molecule has 0 saturated heterocycles. The van der Waals surface area contributed by atoms with Crippen LogP contribution in [0.2, 0.25) is 0 Å². The SMILES string of the molecule is CC(C)C(NC(=O)OCc1ccccc1)C(CCN)[C@@](O)(O[PH2]=O)C(=O)O. The van der Waals surface area contributed by atoms with Crippen molar-refractivity contribution in [3.05, 3.63) is 35.9 Å². The lowest BCUT2D eigenvalue weighted by molar-refractivity contribution is -0.213. The number of aliphatic hydroxyl groups is 1. The van der Waals surface area contributed by atoms with E-state index in [0.29, 0.717) is 0 Å². The molecule has 1 aromatic rings. The highest BCUT2D eigenvalue weighted by Crippen LogP contribution is 2.32. The Morgan fingerprint density at radius 2 is 1.93 bits per heavy atom. The van der Waals surface area contributed by atoms with E-state index in [0.717, 1.165) is 5.56 Å². The number of nitrogens with two attached hydrogens (primary N) is 1. The van der Waals surface area contributed by atoms with Gasteiger partial charge in [-0.05, 0) is 24.4 Å². The predicted octanol–water partition coefficient (Wildman–Crippen LogP) is 1.36. The zero-order valence-corrected chi connectivity index (χ0v) is 16.5. The normalized spacial score (nSPS) is 16.0. The fourth-order valence-corrected chi connectivity index (χ4v) is 3.22. The van der Waals surface area contributed by atoms with E-state index < -0.39 is 38.5 Å². The van der Waals surface area contributed by atoms with Crippen LogP contribution in [0.15, 0.2) is 30.3 Å². The van der Waals surface area contributed by atoms with Crippen molar-refractivity contribution in [3.63, 3.8) is 0 Å². The molecular formula is C17H27N2O7P. The number of amides is 1. The van der Waals surface area contributed by atoms with Crippen molar-refractivity contribution in [2.24, 2.45) is 17.6 Å². The number of carbonyl (C=O) groups is 2. The minimum Gasteiger partial charge on any atom is -0.477 e. The second-order valence-corrected chi connectivity index (χ2v) is 6.80. The predicted molar refractivity (Wildman–Crippen MR) is 99.6 cm³/mol. The highest BCUT2D eigenvalue weighted by molar-refractivity contribution is 7.17. The Balaban J connectivity index is 2.95. The molecule has 1 aromatic carbocycles. The summed E-state index contributed by atoms with van der Waals surface area (Å²) in [4.78, 5) is 23.8. The molecule has 0 spiro atoms. The number of ether oxygens (including phenoxy) is 1. The second-order valence-electron chi connectivity index (χ2n) is 6.38. The molecule has 0 aliphatic rings. The largest absolute Gasteiger partial charge is 0.477 e. The van der Waals surface area contributed by atoms with E-state index in [2.05, 4.69) is 9.84 Å². The summed E-state index contributed by atoms with van der Waals surface area (Å²) in [6, 6.07) is 8.18. The average Bonchev–Trinajstić information content (AvgIpc) is 2.63. The van der Waals surface area contributed by atoms with E-state index in [1.54, 1.807) is 38.1 Å². The van der Waals surface area contributed by atoms with Crippen molar-refractivity contribution < 1.29 is 33.6 Å². The molecule has 0 bridgehead atoms. The van der Waals surface area contributed by atoms with Crippen molar-refractivity contribution in [1.82, 2.24) is 5.32 Å². The molecule has 152 valence electrons. The van der Waals surface area contributed by atoms with Crippen LogP contribution in [0.25, 0.3) is 0 Å². The molecule has 9 nitrogen and oxygen atoms in total. The van der Waals surface area contributed by atoms with Crippen LogP contribution in [0, 0.1) is 11.8 Å². The summed E-state index contributed by atoms with van der Waals surface area (Å²) in [7, 11) is -1.99. The van der Waals surface area contributed by atoms with Crippen LogP contribution in [-0.4, -0.2) is 40.6 Å². The minimum atomic E-state index is -2.74. The summed E-state index contributed by atoms with van der Waals surface area (Å²) >= 11 is 0. The van der Waals surface area contributed by atoms with Gasteiger partial charge in [0.2, 0.25) is 0 Å². The zero-order valence-electron chi connectivity index (χ0n) is 15.3. The van der Waals surface area contributed by atoms with Crippen LogP contribution in [0.3, 0.4) is 0 Å². The van der Waals surface area contributed by atoms with Gasteiger partial charge in [0.15, 0.2) is 8.69 Å². The van der Waals surface area contributed by atoms with Gasteiger partial charge in [-0.15, -0.1) is 0 Å². The lowest BCUT2D eigenvalue weighted by Gasteiger charge is -2.38. The molecule has 0 aromatic heterocycles. The van der Waals surface area contributed by atoms with Gasteiger partial charge >= 0.3 is 12.1 Å². The fraction of sp³-hybridized carbons (Fsp3) is 0.529. The van der Waals surface area contributed by atoms with Crippen LogP contribution < -0.4 is 11.1 Å². The first-order valence-electron chi connectivity index (χ1n) is 8.50. The van der Waals surface area contributed by atoms with E-state index >= 15 is 0 Å². The molecule has 0 aliphatic heterocycles. The summed E-state index contributed by atoms with van der Waals surface area (Å²) in [5.74, 6) is -5.86.